The van der Waals surface area contributed by atoms with Crippen LogP contribution >= 0.6 is 0 Å². The van der Waals surface area contributed by atoms with Gasteiger partial charge in [0.25, 0.3) is 0 Å². The van der Waals surface area contributed by atoms with Crippen LogP contribution in [0.3, 0.4) is 0 Å². The van der Waals surface area contributed by atoms with Crippen molar-refractivity contribution in [2.45, 2.75) is 297 Å². The zero-order chi connectivity index (χ0) is 52.0. The maximum absolute atomic E-state index is 12.9. The first-order valence-corrected chi connectivity index (χ1v) is 30.8. The van der Waals surface area contributed by atoms with Crippen molar-refractivity contribution < 1.29 is 23.8 Å². The average Bonchev–Trinajstić information content (AvgIpc) is 3.38. The highest BCUT2D eigenvalue weighted by Crippen LogP contribution is 2.14. The molecular weight excluding hydrogens is 885 g/mol. The van der Waals surface area contributed by atoms with Crippen LogP contribution in [0, 0.1) is 0 Å². The van der Waals surface area contributed by atoms with E-state index in [0.29, 0.717) is 19.4 Å². The Morgan fingerprint density at radius 2 is 0.583 bits per heavy atom. The van der Waals surface area contributed by atoms with Crippen LogP contribution < -0.4 is 0 Å². The number of hydrogen-bond acceptors (Lipinski definition) is 5. The SMILES string of the molecule is CCCCC/C=C\C/C=C\C/C=C\CCCCCCCCC(=O)OCC(COCCCCCCCCCC/C=C\C/C=C\CCCCC)OC(=O)CCCCCCCC/C=C\C/C=C\C/C=C\CCCCC. The Bertz CT molecular complexity index is 1360. The van der Waals surface area contributed by atoms with Gasteiger partial charge in [-0.2, -0.15) is 0 Å². The maximum Gasteiger partial charge on any atom is 0.306 e. The third-order valence-corrected chi connectivity index (χ3v) is 13.1. The number of esters is 2. The van der Waals surface area contributed by atoms with Crippen LogP contribution in [-0.2, 0) is 23.8 Å². The van der Waals surface area contributed by atoms with Gasteiger partial charge in [0.1, 0.15) is 6.61 Å². The molecule has 0 aliphatic heterocycles. The van der Waals surface area contributed by atoms with Crippen LogP contribution in [-0.4, -0.2) is 37.9 Å². The lowest BCUT2D eigenvalue weighted by atomic mass is 10.1. The fourth-order valence-electron chi connectivity index (χ4n) is 8.44. The van der Waals surface area contributed by atoms with Crippen LogP contribution in [0.2, 0.25) is 0 Å². The van der Waals surface area contributed by atoms with Gasteiger partial charge in [0.2, 0.25) is 0 Å². The molecule has 414 valence electrons. The molecule has 0 heterocycles. The monoisotopic (exact) mass is 1000 g/mol. The lowest BCUT2D eigenvalue weighted by Crippen LogP contribution is -2.30. The van der Waals surface area contributed by atoms with E-state index >= 15 is 0 Å². The highest BCUT2D eigenvalue weighted by atomic mass is 16.6. The molecule has 1 atom stereocenters. The standard InChI is InChI=1S/C67H116O5/c1-4-7-10-13-16-19-22-25-28-31-34-36-39-42-45-48-51-54-57-60-66(68)71-64-65(63-70-62-59-56-53-50-47-44-41-38-33-30-27-24-21-18-15-12-9-6-3)72-67(69)61-58-55-52-49-46-43-40-37-35-32-29-26-23-20-17-14-11-8-5-2/h16-21,25-30,34-37,65H,4-15,22-24,31-33,38-64H2,1-3H3/b19-16-,20-17-,21-18-,28-25-,29-26-,30-27-,36-34-,37-35-. The van der Waals surface area contributed by atoms with Crippen molar-refractivity contribution in [3.05, 3.63) is 97.2 Å². The van der Waals surface area contributed by atoms with Gasteiger partial charge in [-0.3, -0.25) is 9.59 Å². The van der Waals surface area contributed by atoms with Crippen molar-refractivity contribution in [2.24, 2.45) is 0 Å². The van der Waals surface area contributed by atoms with E-state index in [9.17, 15) is 9.59 Å². The highest BCUT2D eigenvalue weighted by molar-refractivity contribution is 5.70. The summed E-state index contributed by atoms with van der Waals surface area (Å²) in [5.74, 6) is -0.425. The molecule has 0 aromatic rings. The van der Waals surface area contributed by atoms with Gasteiger partial charge in [0.15, 0.2) is 6.10 Å². The summed E-state index contributed by atoms with van der Waals surface area (Å²) in [6, 6.07) is 0. The van der Waals surface area contributed by atoms with E-state index in [1.807, 2.05) is 0 Å². The summed E-state index contributed by atoms with van der Waals surface area (Å²) in [6.07, 6.45) is 84.2. The Hall–Kier alpha value is -3.18. The fourth-order valence-corrected chi connectivity index (χ4v) is 8.44. The van der Waals surface area contributed by atoms with Crippen molar-refractivity contribution in [2.75, 3.05) is 19.8 Å². The second-order valence-corrected chi connectivity index (χ2v) is 20.2. The molecule has 5 heteroatoms. The van der Waals surface area contributed by atoms with Crippen molar-refractivity contribution in [1.29, 1.82) is 0 Å². The molecule has 0 saturated carbocycles. The first kappa shape index (κ1) is 68.8. The number of rotatable bonds is 56. The molecular formula is C67H116O5. The molecule has 0 aliphatic carbocycles. The van der Waals surface area contributed by atoms with Crippen LogP contribution in [0.15, 0.2) is 97.2 Å². The maximum atomic E-state index is 12.9. The normalized spacial score (nSPS) is 12.9. The summed E-state index contributed by atoms with van der Waals surface area (Å²) in [4.78, 5) is 25.6. The van der Waals surface area contributed by atoms with E-state index in [1.54, 1.807) is 0 Å². The molecule has 0 N–H and O–H groups in total. The van der Waals surface area contributed by atoms with Gasteiger partial charge in [0, 0.05) is 19.4 Å². The Labute approximate surface area is 447 Å². The molecule has 72 heavy (non-hydrogen) atoms. The Kier molecular flexibility index (Phi) is 59.4. The molecule has 0 bridgehead atoms. The third kappa shape index (κ3) is 59.4. The number of carbonyl (C=O) groups excluding carboxylic acids is 2. The molecule has 0 fully saturated rings. The highest BCUT2D eigenvalue weighted by Gasteiger charge is 2.17. The molecule has 0 saturated heterocycles. The zero-order valence-electron chi connectivity index (χ0n) is 47.7. The predicted octanol–water partition coefficient (Wildman–Crippen LogP) is 21.4. The number of allylic oxidation sites excluding steroid dienone is 16. The van der Waals surface area contributed by atoms with E-state index in [0.717, 1.165) is 96.3 Å². The van der Waals surface area contributed by atoms with E-state index in [2.05, 4.69) is 118 Å². The average molecular weight is 1000 g/mol. The van der Waals surface area contributed by atoms with Gasteiger partial charge < -0.3 is 14.2 Å². The fraction of sp³-hybridized carbons (Fsp3) is 0.731. The molecule has 1 unspecified atom stereocenters. The van der Waals surface area contributed by atoms with Crippen LogP contribution in [0.5, 0.6) is 0 Å². The summed E-state index contributed by atoms with van der Waals surface area (Å²) in [6.45, 7) is 7.73. The van der Waals surface area contributed by atoms with Gasteiger partial charge in [-0.05, 0) is 128 Å². The molecule has 0 amide bonds. The summed E-state index contributed by atoms with van der Waals surface area (Å²) in [5.41, 5.74) is 0. The Morgan fingerprint density at radius 1 is 0.306 bits per heavy atom. The van der Waals surface area contributed by atoms with Crippen molar-refractivity contribution in [3.8, 4) is 0 Å². The number of hydrogen-bond donors (Lipinski definition) is 0. The third-order valence-electron chi connectivity index (χ3n) is 13.1. The van der Waals surface area contributed by atoms with E-state index in [4.69, 9.17) is 14.2 Å². The topological polar surface area (TPSA) is 61.8 Å². The Balaban J connectivity index is 4.36. The molecule has 0 aliphatic rings. The van der Waals surface area contributed by atoms with Gasteiger partial charge in [-0.15, -0.1) is 0 Å². The first-order valence-electron chi connectivity index (χ1n) is 30.8. The van der Waals surface area contributed by atoms with Gasteiger partial charge in [0.05, 0.1) is 6.61 Å². The number of unbranched alkanes of at least 4 members (excludes halogenated alkanes) is 29. The van der Waals surface area contributed by atoms with Crippen LogP contribution in [0.25, 0.3) is 0 Å². The van der Waals surface area contributed by atoms with E-state index in [1.165, 1.54) is 161 Å². The van der Waals surface area contributed by atoms with Gasteiger partial charge in [-0.1, -0.05) is 246 Å². The number of ether oxygens (including phenoxy) is 3. The lowest BCUT2D eigenvalue weighted by Gasteiger charge is -2.18. The first-order chi connectivity index (χ1) is 35.6. The summed E-state index contributed by atoms with van der Waals surface area (Å²) >= 11 is 0. The van der Waals surface area contributed by atoms with E-state index in [-0.39, 0.29) is 25.2 Å². The minimum atomic E-state index is -0.559. The molecule has 0 rings (SSSR count). The molecule has 0 aromatic carbocycles. The van der Waals surface area contributed by atoms with Crippen molar-refractivity contribution in [3.63, 3.8) is 0 Å². The second-order valence-electron chi connectivity index (χ2n) is 20.2. The van der Waals surface area contributed by atoms with Crippen molar-refractivity contribution in [1.82, 2.24) is 0 Å². The largest absolute Gasteiger partial charge is 0.462 e. The smallest absolute Gasteiger partial charge is 0.306 e. The summed E-state index contributed by atoms with van der Waals surface area (Å²) in [5, 5.41) is 0. The molecule has 0 aromatic heterocycles. The molecule has 0 spiro atoms. The summed E-state index contributed by atoms with van der Waals surface area (Å²) < 4.78 is 17.5. The van der Waals surface area contributed by atoms with Gasteiger partial charge in [-0.25, -0.2) is 0 Å². The molecule has 5 nitrogen and oxygen atoms in total. The van der Waals surface area contributed by atoms with Gasteiger partial charge >= 0.3 is 11.9 Å². The van der Waals surface area contributed by atoms with Crippen LogP contribution in [0.1, 0.15) is 290 Å². The summed E-state index contributed by atoms with van der Waals surface area (Å²) in [7, 11) is 0. The Morgan fingerprint density at radius 3 is 0.931 bits per heavy atom. The number of carbonyl (C=O) groups is 2. The molecule has 0 radical (unpaired) electrons. The minimum absolute atomic E-state index is 0.0668. The predicted molar refractivity (Wildman–Crippen MR) is 316 cm³/mol. The van der Waals surface area contributed by atoms with Crippen molar-refractivity contribution >= 4 is 11.9 Å². The lowest BCUT2D eigenvalue weighted by molar-refractivity contribution is -0.163. The van der Waals surface area contributed by atoms with Crippen LogP contribution in [0.4, 0.5) is 0 Å². The zero-order valence-corrected chi connectivity index (χ0v) is 47.7. The van der Waals surface area contributed by atoms with E-state index < -0.39 is 6.10 Å². The minimum Gasteiger partial charge on any atom is -0.462 e. The quantitative estimate of drug-likeness (QED) is 0.0345. The second kappa shape index (κ2) is 62.1.